The number of benzene rings is 1. The van der Waals surface area contributed by atoms with Crippen LogP contribution in [-0.4, -0.2) is 39.3 Å². The fourth-order valence-corrected chi connectivity index (χ4v) is 3.65. The zero-order valence-electron chi connectivity index (χ0n) is 17.0. The zero-order chi connectivity index (χ0) is 22.9. The predicted molar refractivity (Wildman–Crippen MR) is 122 cm³/mol. The van der Waals surface area contributed by atoms with E-state index in [2.05, 4.69) is 30.9 Å². The first-order valence-corrected chi connectivity index (χ1v) is 10.3. The van der Waals surface area contributed by atoms with Gasteiger partial charge in [-0.3, -0.25) is 19.9 Å². The van der Waals surface area contributed by atoms with Gasteiger partial charge < -0.3 is 15.7 Å². The molecule has 0 spiro atoms. The molecule has 10 nitrogen and oxygen atoms in total. The van der Waals surface area contributed by atoms with Crippen molar-refractivity contribution in [3.63, 3.8) is 0 Å². The molecule has 11 heteroatoms. The number of rotatable bonds is 8. The maximum atomic E-state index is 12.8. The van der Waals surface area contributed by atoms with Crippen LogP contribution in [0.2, 0.25) is 0 Å². The van der Waals surface area contributed by atoms with Crippen LogP contribution in [0.15, 0.2) is 53.8 Å². The first kappa shape index (κ1) is 22.6. The van der Waals surface area contributed by atoms with Gasteiger partial charge in [0, 0.05) is 13.1 Å². The summed E-state index contributed by atoms with van der Waals surface area (Å²) in [6.45, 7) is 1.38. The molecule has 164 valence electrons. The number of carboxylic acid groups (broad SMARTS) is 1. The molecule has 2 aromatic heterocycles. The lowest BCUT2D eigenvalue weighted by Crippen LogP contribution is -2.17. The van der Waals surface area contributed by atoms with Gasteiger partial charge in [0.1, 0.15) is 4.88 Å². The summed E-state index contributed by atoms with van der Waals surface area (Å²) < 4.78 is 0. The molecule has 0 aliphatic rings. The Morgan fingerprint density at radius 2 is 1.91 bits per heavy atom. The van der Waals surface area contributed by atoms with E-state index < -0.39 is 6.09 Å². The van der Waals surface area contributed by atoms with Crippen molar-refractivity contribution in [2.45, 2.75) is 19.8 Å². The number of aryl methyl sites for hydroxylation is 2. The van der Waals surface area contributed by atoms with Crippen molar-refractivity contribution < 1.29 is 19.5 Å². The van der Waals surface area contributed by atoms with E-state index >= 15 is 0 Å². The van der Waals surface area contributed by atoms with E-state index in [1.165, 1.54) is 6.92 Å². The third-order valence-corrected chi connectivity index (χ3v) is 5.11. The lowest BCUT2D eigenvalue weighted by molar-refractivity contribution is -0.114. The van der Waals surface area contributed by atoms with Crippen molar-refractivity contribution in [3.8, 4) is 0 Å². The second kappa shape index (κ2) is 10.8. The maximum absolute atomic E-state index is 12.8. The fourth-order valence-electron chi connectivity index (χ4n) is 2.70. The highest BCUT2D eigenvalue weighted by molar-refractivity contribution is 7.17. The van der Waals surface area contributed by atoms with E-state index in [1.807, 2.05) is 12.1 Å². The molecule has 2 heterocycles. The highest BCUT2D eigenvalue weighted by Crippen LogP contribution is 2.26. The molecule has 32 heavy (non-hydrogen) atoms. The molecule has 0 fully saturated rings. The molecule has 0 radical (unpaired) electrons. The molecule has 0 saturated carbocycles. The molecule has 0 unspecified atom stereocenters. The average molecular weight is 452 g/mol. The van der Waals surface area contributed by atoms with Crippen LogP contribution in [0.1, 0.15) is 27.9 Å². The van der Waals surface area contributed by atoms with Gasteiger partial charge in [-0.15, -0.1) is 0 Å². The van der Waals surface area contributed by atoms with Crippen molar-refractivity contribution in [1.29, 1.82) is 0 Å². The van der Waals surface area contributed by atoms with E-state index in [0.717, 1.165) is 23.2 Å². The molecule has 0 bridgehead atoms. The number of aromatic nitrogens is 2. The molecule has 0 aliphatic heterocycles. The van der Waals surface area contributed by atoms with E-state index in [0.29, 0.717) is 39.9 Å². The van der Waals surface area contributed by atoms with Crippen LogP contribution < -0.4 is 16.0 Å². The largest absolute Gasteiger partial charge is 0.465 e. The minimum atomic E-state index is -1.18. The van der Waals surface area contributed by atoms with Crippen molar-refractivity contribution in [1.82, 2.24) is 15.3 Å². The van der Waals surface area contributed by atoms with Crippen LogP contribution in [0.25, 0.3) is 0 Å². The van der Waals surface area contributed by atoms with Crippen molar-refractivity contribution in [2.75, 3.05) is 10.6 Å². The van der Waals surface area contributed by atoms with Crippen LogP contribution >= 0.6 is 11.3 Å². The van der Waals surface area contributed by atoms with Crippen molar-refractivity contribution in [2.24, 2.45) is 4.99 Å². The summed E-state index contributed by atoms with van der Waals surface area (Å²) in [7, 11) is 0. The second-order valence-corrected chi connectivity index (χ2v) is 7.55. The fraction of sp³-hybridized carbons (Fsp3) is 0.143. The average Bonchev–Trinajstić information content (AvgIpc) is 3.15. The Kier molecular flexibility index (Phi) is 7.60. The van der Waals surface area contributed by atoms with E-state index in [9.17, 15) is 14.4 Å². The number of thiazole rings is 1. The molecule has 3 rings (SSSR count). The molecular formula is C21H20N6O4S. The third-order valence-electron chi connectivity index (χ3n) is 4.09. The Balaban J connectivity index is 1.71. The van der Waals surface area contributed by atoms with Gasteiger partial charge in [-0.2, -0.15) is 0 Å². The summed E-state index contributed by atoms with van der Waals surface area (Å²) in [6.07, 6.45) is 4.16. The molecule has 3 aromatic rings. The molecule has 3 amide bonds. The van der Waals surface area contributed by atoms with Crippen LogP contribution in [0.3, 0.4) is 0 Å². The highest BCUT2D eigenvalue weighted by Gasteiger charge is 2.19. The third kappa shape index (κ3) is 6.71. The van der Waals surface area contributed by atoms with Gasteiger partial charge in [0.05, 0.1) is 29.6 Å². The smallest absolute Gasteiger partial charge is 0.409 e. The van der Waals surface area contributed by atoms with Crippen molar-refractivity contribution >= 4 is 52.1 Å². The van der Waals surface area contributed by atoms with Crippen LogP contribution in [-0.2, 0) is 17.6 Å². The standard InChI is InChI=1S/C21H20N6O4S/c1-13(28)25-20-27-17(18(32-20)19(29)26-16-3-2-10-22-11-16)9-6-14-4-7-15(8-5-14)23-12-24-21(30)31/h2-5,7-8,10-12H,6,9H2,1H3,(H,23,24)(H,26,29)(H,30,31)(H,25,27,28). The maximum Gasteiger partial charge on any atom is 0.409 e. The molecule has 0 saturated heterocycles. The van der Waals surface area contributed by atoms with Crippen LogP contribution in [0, 0.1) is 0 Å². The summed E-state index contributed by atoms with van der Waals surface area (Å²) in [5, 5.41) is 16.4. The Labute approximate surface area is 187 Å². The molecule has 0 aliphatic carbocycles. The molecule has 0 atom stereocenters. The lowest BCUT2D eigenvalue weighted by atomic mass is 10.1. The number of nitrogens with zero attached hydrogens (tertiary/aromatic N) is 3. The van der Waals surface area contributed by atoms with Gasteiger partial charge >= 0.3 is 6.09 Å². The van der Waals surface area contributed by atoms with Gasteiger partial charge in [-0.05, 0) is 42.7 Å². The number of carbonyl (C=O) groups is 3. The number of anilines is 2. The summed E-state index contributed by atoms with van der Waals surface area (Å²) >= 11 is 1.11. The van der Waals surface area contributed by atoms with E-state index in [-0.39, 0.29) is 11.8 Å². The summed E-state index contributed by atoms with van der Waals surface area (Å²) in [5.74, 6) is -0.587. The number of hydrogen-bond acceptors (Lipinski definition) is 7. The minimum absolute atomic E-state index is 0.266. The summed E-state index contributed by atoms with van der Waals surface area (Å²) in [4.78, 5) is 47.5. The van der Waals surface area contributed by atoms with Gasteiger partial charge in [-0.25, -0.2) is 14.8 Å². The van der Waals surface area contributed by atoms with Gasteiger partial charge in [0.15, 0.2) is 5.13 Å². The molecular weight excluding hydrogens is 432 g/mol. The topological polar surface area (TPSA) is 146 Å². The Morgan fingerprint density at radius 3 is 2.56 bits per heavy atom. The number of hydrogen-bond donors (Lipinski definition) is 4. The SMILES string of the molecule is CC(=O)Nc1nc(CCc2ccc(N=CNC(=O)O)cc2)c(C(=O)Nc2cccnc2)s1. The van der Waals surface area contributed by atoms with Crippen LogP contribution in [0.5, 0.6) is 0 Å². The quantitative estimate of drug-likeness (QED) is 0.304. The van der Waals surface area contributed by atoms with Gasteiger partial charge in [0.2, 0.25) is 5.91 Å². The number of aliphatic imine (C=N–C) groups is 1. The molecule has 4 N–H and O–H groups in total. The summed E-state index contributed by atoms with van der Waals surface area (Å²) in [5.41, 5.74) is 2.72. The Bertz CT molecular complexity index is 1130. The Hall–Kier alpha value is -4.12. The zero-order valence-corrected chi connectivity index (χ0v) is 17.8. The highest BCUT2D eigenvalue weighted by atomic mass is 32.1. The van der Waals surface area contributed by atoms with Crippen LogP contribution in [0.4, 0.5) is 21.3 Å². The number of amides is 3. The predicted octanol–water partition coefficient (Wildman–Crippen LogP) is 3.46. The van der Waals surface area contributed by atoms with E-state index in [4.69, 9.17) is 5.11 Å². The number of nitrogens with one attached hydrogen (secondary N) is 3. The van der Waals surface area contributed by atoms with Crippen molar-refractivity contribution in [3.05, 3.63) is 64.9 Å². The van der Waals surface area contributed by atoms with Gasteiger partial charge in [0.25, 0.3) is 5.91 Å². The van der Waals surface area contributed by atoms with E-state index in [1.54, 1.807) is 36.7 Å². The normalized spacial score (nSPS) is 10.7. The first-order valence-electron chi connectivity index (χ1n) is 9.50. The van der Waals surface area contributed by atoms with Gasteiger partial charge in [-0.1, -0.05) is 23.5 Å². The monoisotopic (exact) mass is 452 g/mol. The lowest BCUT2D eigenvalue weighted by Gasteiger charge is -2.05. The number of carbonyl (C=O) groups excluding carboxylic acids is 2. The molecule has 1 aromatic carbocycles. The Morgan fingerprint density at radius 1 is 1.12 bits per heavy atom. The summed E-state index contributed by atoms with van der Waals surface area (Å²) in [6, 6.07) is 10.7. The first-order chi connectivity index (χ1) is 15.4. The minimum Gasteiger partial charge on any atom is -0.465 e. The second-order valence-electron chi connectivity index (χ2n) is 6.55. The number of pyridine rings is 1.